The highest BCUT2D eigenvalue weighted by atomic mass is 79.9. The number of nitrogens with zero attached hydrogens (tertiary/aromatic N) is 2. The molecule has 3 aromatic rings. The van der Waals surface area contributed by atoms with Crippen LogP contribution >= 0.6 is 39.1 Å². The first-order valence-corrected chi connectivity index (χ1v) is 8.23. The first kappa shape index (κ1) is 14.9. The molecule has 0 N–H and O–H groups in total. The van der Waals surface area contributed by atoms with Crippen LogP contribution in [0.3, 0.4) is 0 Å². The summed E-state index contributed by atoms with van der Waals surface area (Å²) in [6.07, 6.45) is 0.890. The van der Waals surface area contributed by atoms with Crippen LogP contribution in [0.25, 0.3) is 10.9 Å². The summed E-state index contributed by atoms with van der Waals surface area (Å²) in [5.74, 6) is 0. The summed E-state index contributed by atoms with van der Waals surface area (Å²) >= 11 is 16.1. The molecule has 21 heavy (non-hydrogen) atoms. The van der Waals surface area contributed by atoms with Gasteiger partial charge >= 0.3 is 0 Å². The van der Waals surface area contributed by atoms with Gasteiger partial charge in [0.25, 0.3) is 0 Å². The molecule has 2 nitrogen and oxygen atoms in total. The van der Waals surface area contributed by atoms with Gasteiger partial charge in [-0.25, -0.2) is 0 Å². The SMILES string of the molecule is CCc1nn(Cc2c(Cl)cccc2Cl)c2cc(Br)ccc12. The zero-order valence-electron chi connectivity index (χ0n) is 11.4. The molecular formula is C16H13BrCl2N2. The van der Waals surface area contributed by atoms with E-state index in [1.54, 1.807) is 0 Å². The molecule has 108 valence electrons. The van der Waals surface area contributed by atoms with E-state index in [0.717, 1.165) is 27.7 Å². The van der Waals surface area contributed by atoms with Gasteiger partial charge in [0.15, 0.2) is 0 Å². The van der Waals surface area contributed by atoms with E-state index in [1.165, 1.54) is 5.39 Å². The van der Waals surface area contributed by atoms with Crippen molar-refractivity contribution in [3.63, 3.8) is 0 Å². The normalized spacial score (nSPS) is 11.2. The third-order valence-corrected chi connectivity index (χ3v) is 4.70. The van der Waals surface area contributed by atoms with Crippen molar-refractivity contribution in [1.82, 2.24) is 9.78 Å². The number of fused-ring (bicyclic) bond motifs is 1. The van der Waals surface area contributed by atoms with Crippen molar-refractivity contribution in [2.75, 3.05) is 0 Å². The van der Waals surface area contributed by atoms with Crippen molar-refractivity contribution in [3.8, 4) is 0 Å². The van der Waals surface area contributed by atoms with Gasteiger partial charge in [0.05, 0.1) is 17.8 Å². The Hall–Kier alpha value is -1.03. The molecule has 0 aliphatic carbocycles. The Morgan fingerprint density at radius 3 is 2.52 bits per heavy atom. The standard InChI is InChI=1S/C16H13BrCl2N2/c1-2-15-11-7-6-10(17)8-16(11)21(20-15)9-12-13(18)4-3-5-14(12)19/h3-8H,2,9H2,1H3. The van der Waals surface area contributed by atoms with Crippen LogP contribution in [0.2, 0.25) is 10.0 Å². The number of halogens is 3. The number of rotatable bonds is 3. The van der Waals surface area contributed by atoms with Crippen LogP contribution in [0.1, 0.15) is 18.2 Å². The summed E-state index contributed by atoms with van der Waals surface area (Å²) in [5.41, 5.74) is 3.06. The fourth-order valence-corrected chi connectivity index (χ4v) is 3.30. The van der Waals surface area contributed by atoms with Gasteiger partial charge in [-0.2, -0.15) is 5.10 Å². The summed E-state index contributed by atoms with van der Waals surface area (Å²) in [5, 5.41) is 7.21. The predicted octanol–water partition coefficient (Wildman–Crippen LogP) is 5.72. The Morgan fingerprint density at radius 1 is 1.14 bits per heavy atom. The first-order chi connectivity index (χ1) is 10.1. The van der Waals surface area contributed by atoms with Crippen molar-refractivity contribution in [2.45, 2.75) is 19.9 Å². The highest BCUT2D eigenvalue weighted by Gasteiger charge is 2.13. The van der Waals surface area contributed by atoms with E-state index in [2.05, 4.69) is 35.0 Å². The highest BCUT2D eigenvalue weighted by Crippen LogP contribution is 2.28. The molecule has 1 aromatic heterocycles. The molecule has 0 radical (unpaired) electrons. The van der Waals surface area contributed by atoms with Crippen LogP contribution in [-0.2, 0) is 13.0 Å². The second-order valence-corrected chi connectivity index (χ2v) is 6.55. The Morgan fingerprint density at radius 2 is 1.86 bits per heavy atom. The molecule has 0 saturated heterocycles. The molecule has 0 amide bonds. The van der Waals surface area contributed by atoms with Crippen LogP contribution in [0.4, 0.5) is 0 Å². The number of aryl methyl sites for hydroxylation is 1. The molecule has 0 unspecified atom stereocenters. The molecule has 0 bridgehead atoms. The average Bonchev–Trinajstić information content (AvgIpc) is 2.80. The minimum Gasteiger partial charge on any atom is -0.260 e. The van der Waals surface area contributed by atoms with E-state index in [0.29, 0.717) is 16.6 Å². The summed E-state index contributed by atoms with van der Waals surface area (Å²) in [6, 6.07) is 11.8. The van der Waals surface area contributed by atoms with Crippen LogP contribution in [0.15, 0.2) is 40.9 Å². The molecule has 0 atom stereocenters. The number of hydrogen-bond donors (Lipinski definition) is 0. The van der Waals surface area contributed by atoms with Gasteiger partial charge in [0, 0.05) is 25.5 Å². The maximum atomic E-state index is 6.27. The summed E-state index contributed by atoms with van der Waals surface area (Å²) in [4.78, 5) is 0. The van der Waals surface area contributed by atoms with Crippen molar-refractivity contribution >= 4 is 50.0 Å². The second kappa shape index (κ2) is 5.99. The lowest BCUT2D eigenvalue weighted by molar-refractivity contribution is 0.696. The van der Waals surface area contributed by atoms with Crippen molar-refractivity contribution in [3.05, 3.63) is 62.2 Å². The van der Waals surface area contributed by atoms with Gasteiger partial charge in [0.2, 0.25) is 0 Å². The van der Waals surface area contributed by atoms with E-state index in [4.69, 9.17) is 28.3 Å². The lowest BCUT2D eigenvalue weighted by atomic mass is 10.2. The Labute approximate surface area is 141 Å². The van der Waals surface area contributed by atoms with Crippen molar-refractivity contribution in [1.29, 1.82) is 0 Å². The second-order valence-electron chi connectivity index (χ2n) is 4.82. The number of benzene rings is 2. The number of aromatic nitrogens is 2. The Balaban J connectivity index is 2.14. The van der Waals surface area contributed by atoms with Crippen LogP contribution in [0, 0.1) is 0 Å². The topological polar surface area (TPSA) is 17.8 Å². The molecule has 3 rings (SSSR count). The van der Waals surface area contributed by atoms with Crippen molar-refractivity contribution < 1.29 is 0 Å². The van der Waals surface area contributed by atoms with Crippen LogP contribution in [-0.4, -0.2) is 9.78 Å². The van der Waals surface area contributed by atoms with Gasteiger partial charge in [-0.3, -0.25) is 4.68 Å². The average molecular weight is 384 g/mol. The minimum atomic E-state index is 0.561. The molecule has 0 saturated carbocycles. The summed E-state index contributed by atoms with van der Waals surface area (Å²) in [6.45, 7) is 2.67. The fourth-order valence-electron chi connectivity index (χ4n) is 2.43. The molecular weight excluding hydrogens is 371 g/mol. The lowest BCUT2D eigenvalue weighted by Crippen LogP contribution is -2.03. The van der Waals surface area contributed by atoms with Crippen LogP contribution in [0.5, 0.6) is 0 Å². The maximum Gasteiger partial charge on any atom is 0.0700 e. The van der Waals surface area contributed by atoms with Gasteiger partial charge < -0.3 is 0 Å². The molecule has 1 heterocycles. The third-order valence-electron chi connectivity index (χ3n) is 3.49. The largest absolute Gasteiger partial charge is 0.260 e. The molecule has 0 fully saturated rings. The van der Waals surface area contributed by atoms with Crippen LogP contribution < -0.4 is 0 Å². The zero-order valence-corrected chi connectivity index (χ0v) is 14.5. The smallest absolute Gasteiger partial charge is 0.0700 e. The molecule has 0 spiro atoms. The minimum absolute atomic E-state index is 0.561. The summed E-state index contributed by atoms with van der Waals surface area (Å²) < 4.78 is 3.00. The molecule has 2 aromatic carbocycles. The molecule has 0 aliphatic rings. The van der Waals surface area contributed by atoms with E-state index in [9.17, 15) is 0 Å². The molecule has 5 heteroatoms. The maximum absolute atomic E-state index is 6.27. The van der Waals surface area contributed by atoms with Gasteiger partial charge in [0.1, 0.15) is 0 Å². The van der Waals surface area contributed by atoms with Crippen molar-refractivity contribution in [2.24, 2.45) is 0 Å². The Kier molecular flexibility index (Phi) is 4.25. The van der Waals surface area contributed by atoms with Gasteiger partial charge in [-0.15, -0.1) is 0 Å². The third kappa shape index (κ3) is 2.83. The quantitative estimate of drug-likeness (QED) is 0.565. The summed E-state index contributed by atoms with van der Waals surface area (Å²) in [7, 11) is 0. The monoisotopic (exact) mass is 382 g/mol. The van der Waals surface area contributed by atoms with E-state index < -0.39 is 0 Å². The first-order valence-electron chi connectivity index (χ1n) is 6.68. The van der Waals surface area contributed by atoms with E-state index in [-0.39, 0.29) is 0 Å². The predicted molar refractivity (Wildman–Crippen MR) is 92.4 cm³/mol. The van der Waals surface area contributed by atoms with Gasteiger partial charge in [-0.1, -0.05) is 52.1 Å². The lowest BCUT2D eigenvalue weighted by Gasteiger charge is -2.08. The van der Waals surface area contributed by atoms with E-state index >= 15 is 0 Å². The highest BCUT2D eigenvalue weighted by molar-refractivity contribution is 9.10. The Bertz CT molecular complexity index is 791. The number of hydrogen-bond acceptors (Lipinski definition) is 1. The zero-order chi connectivity index (χ0) is 15.0. The molecule has 0 aliphatic heterocycles. The van der Waals surface area contributed by atoms with Gasteiger partial charge in [-0.05, 0) is 36.8 Å². The fraction of sp³-hybridized carbons (Fsp3) is 0.188. The van der Waals surface area contributed by atoms with E-state index in [1.807, 2.05) is 28.9 Å².